The Morgan fingerprint density at radius 1 is 0.913 bits per heavy atom. The van der Waals surface area contributed by atoms with Gasteiger partial charge in [-0.1, -0.05) is 41.7 Å². The molecule has 1 fully saturated rings. The summed E-state index contributed by atoms with van der Waals surface area (Å²) in [5.74, 6) is -1.49. The van der Waals surface area contributed by atoms with Crippen LogP contribution >= 0.6 is 11.3 Å². The zero-order valence-electron chi connectivity index (χ0n) is 26.1. The van der Waals surface area contributed by atoms with E-state index in [4.69, 9.17) is 23.7 Å². The number of hydrogen-bond donors (Lipinski definition) is 1. The first-order valence-corrected chi connectivity index (χ1v) is 14.9. The molecule has 5 rings (SSSR count). The van der Waals surface area contributed by atoms with Crippen molar-refractivity contribution in [1.29, 1.82) is 0 Å². The Kier molecular flexibility index (Phi) is 9.28. The minimum Gasteiger partial charge on any atom is -0.507 e. The number of ketones is 1. The molecule has 1 amide bonds. The van der Waals surface area contributed by atoms with Crippen molar-refractivity contribution < 1.29 is 43.2 Å². The highest BCUT2D eigenvalue weighted by Gasteiger charge is 2.49. The largest absolute Gasteiger partial charge is 0.507 e. The van der Waals surface area contributed by atoms with Gasteiger partial charge in [-0.05, 0) is 60.9 Å². The van der Waals surface area contributed by atoms with Crippen LogP contribution < -0.4 is 23.8 Å². The Labute approximate surface area is 269 Å². The summed E-state index contributed by atoms with van der Waals surface area (Å²) < 4.78 is 27.4. The quantitative estimate of drug-likeness (QED) is 0.0981. The second kappa shape index (κ2) is 13.3. The Bertz CT molecular complexity index is 1820. The fraction of sp³-hybridized carbons (Fsp3) is 0.235. The third-order valence-electron chi connectivity index (χ3n) is 7.49. The SMILES string of the molecule is COC(=O)c1sc(N2C(=O)C(=O)C(=C(O)c3ccc(OCc4ccccc4)c(C)c3)C2c2cc(OC)c(OC)c(OC)c2)nc1C. The summed E-state index contributed by atoms with van der Waals surface area (Å²) in [5, 5.41) is 11.8. The number of carbonyl (C=O) groups is 3. The van der Waals surface area contributed by atoms with Gasteiger partial charge in [0.05, 0.1) is 45.7 Å². The van der Waals surface area contributed by atoms with Gasteiger partial charge >= 0.3 is 11.9 Å². The van der Waals surface area contributed by atoms with Gasteiger partial charge < -0.3 is 28.8 Å². The van der Waals surface area contributed by atoms with E-state index in [1.54, 1.807) is 37.3 Å². The molecule has 238 valence electrons. The molecule has 1 aliphatic rings. The van der Waals surface area contributed by atoms with Gasteiger partial charge in [-0.25, -0.2) is 9.78 Å². The summed E-state index contributed by atoms with van der Waals surface area (Å²) in [4.78, 5) is 45.7. The van der Waals surface area contributed by atoms with Crippen molar-refractivity contribution in [2.75, 3.05) is 33.3 Å². The van der Waals surface area contributed by atoms with Gasteiger partial charge in [-0.3, -0.25) is 14.5 Å². The molecule has 4 aromatic rings. The van der Waals surface area contributed by atoms with E-state index >= 15 is 0 Å². The van der Waals surface area contributed by atoms with Crippen LogP contribution in [-0.4, -0.2) is 56.2 Å². The number of ether oxygens (including phenoxy) is 5. The number of aliphatic hydroxyl groups excluding tert-OH is 1. The Balaban J connectivity index is 1.65. The molecule has 1 aromatic heterocycles. The molecule has 0 saturated carbocycles. The first-order chi connectivity index (χ1) is 22.1. The van der Waals surface area contributed by atoms with Crippen LogP contribution in [0, 0.1) is 13.8 Å². The fourth-order valence-corrected chi connectivity index (χ4v) is 6.23. The minimum absolute atomic E-state index is 0.0682. The topological polar surface area (TPSA) is 134 Å². The Morgan fingerprint density at radius 3 is 2.17 bits per heavy atom. The third-order valence-corrected chi connectivity index (χ3v) is 8.63. The fourth-order valence-electron chi connectivity index (χ4n) is 5.22. The van der Waals surface area contributed by atoms with Crippen molar-refractivity contribution in [3.63, 3.8) is 0 Å². The lowest BCUT2D eigenvalue weighted by molar-refractivity contribution is -0.132. The third kappa shape index (κ3) is 5.86. The minimum atomic E-state index is -1.18. The van der Waals surface area contributed by atoms with Crippen molar-refractivity contribution in [3.8, 4) is 23.0 Å². The summed E-state index contributed by atoms with van der Waals surface area (Å²) >= 11 is 0.898. The van der Waals surface area contributed by atoms with Gasteiger partial charge in [-0.15, -0.1) is 0 Å². The number of Topliss-reactive ketones (excluding diaryl/α,β-unsaturated/α-hetero) is 1. The predicted molar refractivity (Wildman–Crippen MR) is 171 cm³/mol. The standard InChI is InChI=1S/C34H32N2O9S/c1-18-14-21(12-13-23(18)45-17-20-10-8-7-9-11-20)28(37)26-27(22-15-24(41-3)30(43-5)25(16-22)42-4)36(32(39)29(26)38)34-35-19(2)31(46-34)33(40)44-6/h7-16,27,37H,17H2,1-6H3. The highest BCUT2D eigenvalue weighted by atomic mass is 32.1. The van der Waals surface area contributed by atoms with Gasteiger partial charge in [0.1, 0.15) is 23.0 Å². The molecule has 1 aliphatic heterocycles. The number of rotatable bonds is 10. The molecular weight excluding hydrogens is 612 g/mol. The first kappa shape index (κ1) is 32.0. The number of nitrogens with zero attached hydrogens (tertiary/aromatic N) is 2. The van der Waals surface area contributed by atoms with Crippen LogP contribution in [0.25, 0.3) is 5.76 Å². The van der Waals surface area contributed by atoms with Crippen molar-refractivity contribution in [3.05, 3.63) is 99.1 Å². The van der Waals surface area contributed by atoms with Crippen molar-refractivity contribution in [1.82, 2.24) is 4.98 Å². The molecular formula is C34H32N2O9S. The van der Waals surface area contributed by atoms with Crippen LogP contribution in [0.4, 0.5) is 5.13 Å². The maximum Gasteiger partial charge on any atom is 0.350 e. The summed E-state index contributed by atoms with van der Waals surface area (Å²) in [6.45, 7) is 3.76. The van der Waals surface area contributed by atoms with Crippen LogP contribution in [0.2, 0.25) is 0 Å². The highest BCUT2D eigenvalue weighted by molar-refractivity contribution is 7.17. The van der Waals surface area contributed by atoms with Gasteiger partial charge in [0.2, 0.25) is 5.75 Å². The van der Waals surface area contributed by atoms with Gasteiger partial charge in [-0.2, -0.15) is 0 Å². The summed E-state index contributed by atoms with van der Waals surface area (Å²) in [5.41, 5.74) is 2.49. The second-order valence-corrected chi connectivity index (χ2v) is 11.3. The Morgan fingerprint density at radius 2 is 1.59 bits per heavy atom. The number of hydrogen-bond acceptors (Lipinski definition) is 11. The van der Waals surface area contributed by atoms with E-state index in [2.05, 4.69) is 4.98 Å². The van der Waals surface area contributed by atoms with Gasteiger partial charge in [0.25, 0.3) is 5.78 Å². The molecule has 11 nitrogen and oxygen atoms in total. The molecule has 1 atom stereocenters. The van der Waals surface area contributed by atoms with E-state index in [1.807, 2.05) is 37.3 Å². The maximum absolute atomic E-state index is 13.8. The molecule has 0 radical (unpaired) electrons. The number of benzene rings is 3. The number of methoxy groups -OCH3 is 4. The average Bonchev–Trinajstić information content (AvgIpc) is 3.58. The van der Waals surface area contributed by atoms with E-state index in [0.29, 0.717) is 40.5 Å². The number of aryl methyl sites for hydroxylation is 2. The highest BCUT2D eigenvalue weighted by Crippen LogP contribution is 2.48. The molecule has 1 N–H and O–H groups in total. The first-order valence-electron chi connectivity index (χ1n) is 14.1. The van der Waals surface area contributed by atoms with Gasteiger partial charge in [0, 0.05) is 5.56 Å². The number of aliphatic hydroxyl groups is 1. The number of thiazole rings is 1. The van der Waals surface area contributed by atoms with Crippen LogP contribution in [0.1, 0.15) is 43.7 Å². The molecule has 0 aliphatic carbocycles. The van der Waals surface area contributed by atoms with Crippen LogP contribution in [0.15, 0.2) is 66.2 Å². The van der Waals surface area contributed by atoms with E-state index in [1.165, 1.54) is 28.4 Å². The van der Waals surface area contributed by atoms with E-state index in [-0.39, 0.29) is 27.1 Å². The molecule has 0 bridgehead atoms. The Hall–Kier alpha value is -5.36. The molecule has 46 heavy (non-hydrogen) atoms. The van der Waals surface area contributed by atoms with Crippen molar-refractivity contribution in [2.24, 2.45) is 0 Å². The van der Waals surface area contributed by atoms with Crippen molar-refractivity contribution >= 4 is 39.9 Å². The van der Waals surface area contributed by atoms with Crippen molar-refractivity contribution in [2.45, 2.75) is 26.5 Å². The molecule has 1 saturated heterocycles. The van der Waals surface area contributed by atoms with Crippen LogP contribution in [0.3, 0.4) is 0 Å². The molecule has 1 unspecified atom stereocenters. The lowest BCUT2D eigenvalue weighted by atomic mass is 9.94. The second-order valence-electron chi connectivity index (χ2n) is 10.3. The molecule has 2 heterocycles. The summed E-state index contributed by atoms with van der Waals surface area (Å²) in [7, 11) is 5.57. The van der Waals surface area contributed by atoms with Crippen LogP contribution in [-0.2, 0) is 20.9 Å². The van der Waals surface area contributed by atoms with Gasteiger partial charge in [0.15, 0.2) is 16.6 Å². The number of carbonyl (C=O) groups excluding carboxylic acids is 3. The lowest BCUT2D eigenvalue weighted by Gasteiger charge is -2.24. The predicted octanol–water partition coefficient (Wildman–Crippen LogP) is 5.78. The normalized spacial score (nSPS) is 15.5. The lowest BCUT2D eigenvalue weighted by Crippen LogP contribution is -2.29. The number of anilines is 1. The van der Waals surface area contributed by atoms with E-state index in [9.17, 15) is 19.5 Å². The number of esters is 1. The van der Waals surface area contributed by atoms with Crippen LogP contribution in [0.5, 0.6) is 23.0 Å². The molecule has 3 aromatic carbocycles. The summed E-state index contributed by atoms with van der Waals surface area (Å²) in [6.07, 6.45) is 0. The maximum atomic E-state index is 13.8. The number of aromatic nitrogens is 1. The smallest absolute Gasteiger partial charge is 0.350 e. The monoisotopic (exact) mass is 644 g/mol. The zero-order chi connectivity index (χ0) is 33.1. The zero-order valence-corrected chi connectivity index (χ0v) is 26.9. The number of amides is 1. The molecule has 0 spiro atoms. The molecule has 12 heteroatoms. The van der Waals surface area contributed by atoms with E-state index in [0.717, 1.165) is 21.8 Å². The average molecular weight is 645 g/mol. The van der Waals surface area contributed by atoms with E-state index < -0.39 is 29.5 Å². The summed E-state index contributed by atoms with van der Waals surface area (Å²) in [6, 6.07) is 16.7.